The molecule has 1 aromatic heterocycles. The molecule has 2 heterocycles. The van der Waals surface area contributed by atoms with E-state index in [0.29, 0.717) is 6.42 Å². The maximum absolute atomic E-state index is 14.2. The summed E-state index contributed by atoms with van der Waals surface area (Å²) in [7, 11) is 1.69. The predicted octanol–water partition coefficient (Wildman–Crippen LogP) is 6.84. The van der Waals surface area contributed by atoms with E-state index in [4.69, 9.17) is 13.9 Å². The number of ether oxygens (including phenoxy) is 2. The first kappa shape index (κ1) is 38.2. The van der Waals surface area contributed by atoms with Gasteiger partial charge in [-0.15, -0.1) is 11.3 Å². The number of carbonyl (C=O) groups is 3. The van der Waals surface area contributed by atoms with Gasteiger partial charge in [0.15, 0.2) is 20.2 Å². The third-order valence-electron chi connectivity index (χ3n) is 9.38. The Labute approximate surface area is 270 Å². The summed E-state index contributed by atoms with van der Waals surface area (Å²) >= 11 is 1.40. The van der Waals surface area contributed by atoms with Gasteiger partial charge in [-0.1, -0.05) is 54.9 Å². The second-order valence-corrected chi connectivity index (χ2v) is 18.1. The van der Waals surface area contributed by atoms with Crippen LogP contribution in [0.4, 0.5) is 4.79 Å². The van der Waals surface area contributed by atoms with Crippen LogP contribution in [0, 0.1) is 11.8 Å². The lowest BCUT2D eigenvalue weighted by Crippen LogP contribution is -2.55. The maximum atomic E-state index is 14.2. The molecule has 1 aliphatic rings. The normalized spacial score (nSPS) is 18.8. The van der Waals surface area contributed by atoms with Crippen molar-refractivity contribution >= 4 is 37.6 Å². The van der Waals surface area contributed by atoms with Gasteiger partial charge < -0.3 is 24.1 Å². The van der Waals surface area contributed by atoms with Crippen molar-refractivity contribution in [3.63, 3.8) is 0 Å². The highest BCUT2D eigenvalue weighted by Gasteiger charge is 2.39. The highest BCUT2D eigenvalue weighted by molar-refractivity contribution is 7.09. The number of likely N-dealkylation sites (N-methyl/N-ethyl adjacent to an activating group) is 1. The van der Waals surface area contributed by atoms with Crippen LogP contribution in [0.25, 0.3) is 0 Å². The van der Waals surface area contributed by atoms with Crippen LogP contribution in [-0.4, -0.2) is 86.6 Å². The van der Waals surface area contributed by atoms with Gasteiger partial charge in [0.1, 0.15) is 11.0 Å². The van der Waals surface area contributed by atoms with Crippen LogP contribution >= 0.6 is 11.3 Å². The van der Waals surface area contributed by atoms with Crippen molar-refractivity contribution in [2.45, 2.75) is 130 Å². The molecule has 1 aromatic rings. The Bertz CT molecular complexity index is 1040. The van der Waals surface area contributed by atoms with Crippen LogP contribution in [-0.2, 0) is 18.7 Å². The fourth-order valence-electron chi connectivity index (χ4n) is 5.88. The van der Waals surface area contributed by atoms with E-state index in [1.165, 1.54) is 11.3 Å². The number of alkyl carbamates (subject to hydrolysis) is 1. The molecule has 0 aliphatic carbocycles. The van der Waals surface area contributed by atoms with Crippen molar-refractivity contribution in [3.8, 4) is 0 Å². The number of thiazole rings is 1. The number of amides is 2. The van der Waals surface area contributed by atoms with Crippen LogP contribution in [0.3, 0.4) is 0 Å². The molecule has 5 atom stereocenters. The Morgan fingerprint density at radius 3 is 2.32 bits per heavy atom. The van der Waals surface area contributed by atoms with E-state index >= 15 is 0 Å². The van der Waals surface area contributed by atoms with E-state index in [0.717, 1.165) is 55.4 Å². The van der Waals surface area contributed by atoms with Gasteiger partial charge >= 0.3 is 12.1 Å². The number of hydrogen-bond donors (Lipinski definition) is 1. The Kier molecular flexibility index (Phi) is 15.8. The van der Waals surface area contributed by atoms with E-state index < -0.39 is 26.4 Å². The van der Waals surface area contributed by atoms with Crippen molar-refractivity contribution in [2.75, 3.05) is 27.2 Å². The first-order valence-electron chi connectivity index (χ1n) is 16.6. The third-order valence-corrected chi connectivity index (χ3v) is 15.0. The molecular formula is C32H58N4O6SSi. The predicted molar refractivity (Wildman–Crippen MR) is 178 cm³/mol. The van der Waals surface area contributed by atoms with E-state index in [2.05, 4.69) is 44.9 Å². The number of nitrogens with one attached hydrogen (secondary N) is 1. The molecule has 1 N–H and O–H groups in total. The van der Waals surface area contributed by atoms with Gasteiger partial charge in [0, 0.05) is 25.0 Å². The van der Waals surface area contributed by atoms with E-state index in [-0.39, 0.29) is 48.4 Å². The first-order chi connectivity index (χ1) is 20.9. The zero-order valence-electron chi connectivity index (χ0n) is 28.8. The molecule has 2 rings (SSSR count). The monoisotopic (exact) mass is 654 g/mol. The van der Waals surface area contributed by atoms with Gasteiger partial charge in [-0.25, -0.2) is 14.6 Å². The molecule has 252 valence electrons. The summed E-state index contributed by atoms with van der Waals surface area (Å²) < 4.78 is 18.0. The van der Waals surface area contributed by atoms with Crippen LogP contribution in [0.15, 0.2) is 5.38 Å². The first-order valence-corrected chi connectivity index (χ1v) is 20.0. The SMILES string of the molecule is CCOC(=O)c1csc([C@@H](C[C@H](C(C)C)N(C)C(=O)[C@@H](NC(=O)O[C@@H]2CCCCN2C)[C@@H](C)CC)O[Si](CC)(CC)CC)n1. The minimum Gasteiger partial charge on any atom is -0.461 e. The minimum atomic E-state index is -2.08. The maximum Gasteiger partial charge on any atom is 0.409 e. The van der Waals surface area contributed by atoms with Gasteiger partial charge in [0.05, 0.1) is 12.7 Å². The van der Waals surface area contributed by atoms with Gasteiger partial charge in [-0.3, -0.25) is 9.69 Å². The summed E-state index contributed by atoms with van der Waals surface area (Å²) in [5.41, 5.74) is 0.283. The Morgan fingerprint density at radius 1 is 1.11 bits per heavy atom. The lowest BCUT2D eigenvalue weighted by Gasteiger charge is -2.39. The fraction of sp³-hybridized carbons (Fsp3) is 0.812. The highest BCUT2D eigenvalue weighted by Crippen LogP contribution is 2.36. The Morgan fingerprint density at radius 2 is 1.77 bits per heavy atom. The molecule has 10 nitrogen and oxygen atoms in total. The van der Waals surface area contributed by atoms with Gasteiger partial charge in [0.2, 0.25) is 5.91 Å². The number of likely N-dealkylation sites (tertiary alicyclic amines) is 1. The standard InChI is InChI=1S/C32H58N4O6SSi/c1-11-23(8)28(34-32(39)41-27-18-16-17-19-35(27)9)30(37)36(10)25(22(6)7)20-26(42-44(13-3,14-4)15-5)29-33-24(21-43-29)31(38)40-12-2/h21-23,25-28H,11-20H2,1-10H3,(H,34,39)/t23-,25+,26+,27+,28-/m0/s1. The summed E-state index contributed by atoms with van der Waals surface area (Å²) in [6, 6.07) is 1.97. The van der Waals surface area contributed by atoms with Gasteiger partial charge in [0.25, 0.3) is 0 Å². The Balaban J connectivity index is 2.35. The molecule has 1 saturated heterocycles. The van der Waals surface area contributed by atoms with Crippen LogP contribution in [0.5, 0.6) is 0 Å². The summed E-state index contributed by atoms with van der Waals surface area (Å²) in [4.78, 5) is 48.1. The number of aromatic nitrogens is 1. The topological polar surface area (TPSA) is 110 Å². The summed E-state index contributed by atoms with van der Waals surface area (Å²) in [6.07, 6.45) is 2.91. The van der Waals surface area contributed by atoms with Gasteiger partial charge in [-0.2, -0.15) is 0 Å². The summed E-state index contributed by atoms with van der Waals surface area (Å²) in [5, 5.41) is 5.38. The number of rotatable bonds is 17. The molecule has 44 heavy (non-hydrogen) atoms. The zero-order valence-corrected chi connectivity index (χ0v) is 30.6. The number of piperidine rings is 1. The van der Waals surface area contributed by atoms with E-state index in [1.54, 1.807) is 17.2 Å². The zero-order chi connectivity index (χ0) is 33.0. The van der Waals surface area contributed by atoms with Crippen LogP contribution in [0.2, 0.25) is 18.1 Å². The van der Waals surface area contributed by atoms with Crippen molar-refractivity contribution in [3.05, 3.63) is 16.1 Å². The average molecular weight is 655 g/mol. The molecule has 12 heteroatoms. The largest absolute Gasteiger partial charge is 0.461 e. The molecule has 0 aromatic carbocycles. The second kappa shape index (κ2) is 18.2. The summed E-state index contributed by atoms with van der Waals surface area (Å²) in [5.74, 6) is -0.587. The number of nitrogens with zero attached hydrogens (tertiary/aromatic N) is 3. The molecule has 0 unspecified atom stereocenters. The average Bonchev–Trinajstić information content (AvgIpc) is 3.51. The lowest BCUT2D eigenvalue weighted by atomic mass is 9.93. The molecule has 2 amide bonds. The van der Waals surface area contributed by atoms with Crippen LogP contribution < -0.4 is 5.32 Å². The van der Waals surface area contributed by atoms with Crippen molar-refractivity contribution in [2.24, 2.45) is 11.8 Å². The fourth-order valence-corrected chi connectivity index (χ4v) is 9.60. The van der Waals surface area contributed by atoms with E-state index in [1.807, 2.05) is 32.8 Å². The number of hydrogen-bond acceptors (Lipinski definition) is 9. The van der Waals surface area contributed by atoms with E-state index in [9.17, 15) is 14.4 Å². The molecule has 0 saturated carbocycles. The minimum absolute atomic E-state index is 0.0899. The molecule has 0 bridgehead atoms. The number of carbonyl (C=O) groups excluding carboxylic acids is 3. The molecule has 1 fully saturated rings. The molecular weight excluding hydrogens is 597 g/mol. The second-order valence-electron chi connectivity index (χ2n) is 12.5. The smallest absolute Gasteiger partial charge is 0.409 e. The molecule has 1 aliphatic heterocycles. The van der Waals surface area contributed by atoms with Crippen molar-refractivity contribution < 1.29 is 28.3 Å². The van der Waals surface area contributed by atoms with Crippen molar-refractivity contribution in [1.82, 2.24) is 20.1 Å². The quantitative estimate of drug-likeness (QED) is 0.144. The van der Waals surface area contributed by atoms with Gasteiger partial charge in [-0.05, 0) is 69.6 Å². The van der Waals surface area contributed by atoms with Crippen LogP contribution in [0.1, 0.15) is 109 Å². The summed E-state index contributed by atoms with van der Waals surface area (Å²) in [6.45, 7) is 17.7. The highest BCUT2D eigenvalue weighted by atomic mass is 32.1. The molecule has 0 spiro atoms. The Hall–Kier alpha value is -2.02. The lowest BCUT2D eigenvalue weighted by molar-refractivity contribution is -0.137. The number of esters is 1. The third kappa shape index (κ3) is 10.2. The molecule has 0 radical (unpaired) electrons. The van der Waals surface area contributed by atoms with Crippen molar-refractivity contribution in [1.29, 1.82) is 0 Å².